The highest BCUT2D eigenvalue weighted by atomic mass is 32.1. The molecule has 1 N–H and O–H groups in total. The van der Waals surface area contributed by atoms with E-state index in [1.807, 2.05) is 25.1 Å². The molecule has 4 nitrogen and oxygen atoms in total. The quantitative estimate of drug-likeness (QED) is 0.512. The van der Waals surface area contributed by atoms with E-state index in [1.54, 1.807) is 6.20 Å². The number of nitrogens with zero attached hydrogens (tertiary/aromatic N) is 3. The molecule has 1 fully saturated rings. The van der Waals surface area contributed by atoms with Crippen LogP contribution in [-0.2, 0) is 0 Å². The first-order chi connectivity index (χ1) is 9.09. The Hall–Kier alpha value is -1.49. The van der Waals surface area contributed by atoms with Gasteiger partial charge in [0.15, 0.2) is 5.11 Å². The lowest BCUT2D eigenvalue weighted by atomic mass is 10.2. The minimum Gasteiger partial charge on any atom is -0.342 e. The van der Waals surface area contributed by atoms with Crippen LogP contribution in [0.1, 0.15) is 39.3 Å². The molecule has 1 aromatic heterocycles. The predicted octanol–water partition coefficient (Wildman–Crippen LogP) is 2.55. The second-order valence-electron chi connectivity index (χ2n) is 5.01. The third kappa shape index (κ3) is 3.29. The second kappa shape index (κ2) is 6.10. The summed E-state index contributed by atoms with van der Waals surface area (Å²) in [5.41, 5.74) is 4.69. The van der Waals surface area contributed by atoms with Crippen molar-refractivity contribution in [3.8, 4) is 0 Å². The lowest BCUT2D eigenvalue weighted by Gasteiger charge is -2.28. The Bertz CT molecular complexity index is 462. The van der Waals surface area contributed by atoms with Crippen molar-refractivity contribution in [2.24, 2.45) is 5.10 Å². The molecule has 0 saturated carbocycles. The van der Waals surface area contributed by atoms with Crippen molar-refractivity contribution in [1.82, 2.24) is 15.3 Å². The van der Waals surface area contributed by atoms with Gasteiger partial charge in [0, 0.05) is 18.3 Å². The van der Waals surface area contributed by atoms with Crippen LogP contribution in [0.4, 0.5) is 0 Å². The predicted molar refractivity (Wildman–Crippen MR) is 82.2 cm³/mol. The molecule has 0 amide bonds. The molecule has 1 aromatic rings. The smallest absolute Gasteiger partial charge is 0.190 e. The molecule has 2 heterocycles. The van der Waals surface area contributed by atoms with Crippen LogP contribution in [-0.4, -0.2) is 32.8 Å². The van der Waals surface area contributed by atoms with Gasteiger partial charge in [-0.1, -0.05) is 6.07 Å². The summed E-state index contributed by atoms with van der Waals surface area (Å²) in [6.45, 7) is 6.33. The average molecular weight is 276 g/mol. The van der Waals surface area contributed by atoms with Crippen LogP contribution in [0, 0.1) is 0 Å². The van der Waals surface area contributed by atoms with E-state index in [0.29, 0.717) is 17.2 Å². The molecular formula is C14H20N4S. The standard InChI is InChI=1S/C14H20N4S/c1-10-7-8-11(2)18(10)14(19)17-16-12(3)13-6-4-5-9-15-13/h4-6,9-11H,7-8H2,1-3H3,(H,17,19)/b16-12+. The molecule has 1 aliphatic rings. The van der Waals surface area contributed by atoms with Gasteiger partial charge in [-0.3, -0.25) is 10.4 Å². The van der Waals surface area contributed by atoms with Crippen molar-refractivity contribution in [3.05, 3.63) is 30.1 Å². The third-order valence-corrected chi connectivity index (χ3v) is 3.84. The monoisotopic (exact) mass is 276 g/mol. The topological polar surface area (TPSA) is 40.5 Å². The third-order valence-electron chi connectivity index (χ3n) is 3.54. The number of thiocarbonyl (C=S) groups is 1. The molecule has 0 radical (unpaired) electrons. The maximum Gasteiger partial charge on any atom is 0.190 e. The van der Waals surface area contributed by atoms with Gasteiger partial charge >= 0.3 is 0 Å². The van der Waals surface area contributed by atoms with Crippen molar-refractivity contribution in [1.29, 1.82) is 0 Å². The lowest BCUT2D eigenvalue weighted by Crippen LogP contribution is -2.43. The molecule has 5 heteroatoms. The van der Waals surface area contributed by atoms with Crippen LogP contribution in [0.5, 0.6) is 0 Å². The summed E-state index contributed by atoms with van der Waals surface area (Å²) in [4.78, 5) is 6.48. The molecule has 0 aliphatic carbocycles. The van der Waals surface area contributed by atoms with Crippen molar-refractivity contribution >= 4 is 23.0 Å². The van der Waals surface area contributed by atoms with E-state index < -0.39 is 0 Å². The Morgan fingerprint density at radius 3 is 2.63 bits per heavy atom. The van der Waals surface area contributed by atoms with Gasteiger partial charge in [0.25, 0.3) is 0 Å². The molecular weight excluding hydrogens is 256 g/mol. The van der Waals surface area contributed by atoms with E-state index in [0.717, 1.165) is 11.4 Å². The molecule has 2 atom stereocenters. The van der Waals surface area contributed by atoms with Crippen molar-refractivity contribution in [2.75, 3.05) is 0 Å². The Morgan fingerprint density at radius 2 is 2.05 bits per heavy atom. The van der Waals surface area contributed by atoms with Crippen LogP contribution in [0.2, 0.25) is 0 Å². The van der Waals surface area contributed by atoms with E-state index in [4.69, 9.17) is 12.2 Å². The number of aromatic nitrogens is 1. The highest BCUT2D eigenvalue weighted by molar-refractivity contribution is 7.80. The molecule has 1 saturated heterocycles. The summed E-state index contributed by atoms with van der Waals surface area (Å²) >= 11 is 5.42. The number of pyridine rings is 1. The molecule has 2 rings (SSSR count). The highest BCUT2D eigenvalue weighted by Gasteiger charge is 2.28. The van der Waals surface area contributed by atoms with E-state index in [9.17, 15) is 0 Å². The normalized spacial score (nSPS) is 23.5. The summed E-state index contributed by atoms with van der Waals surface area (Å²) in [5.74, 6) is 0. The van der Waals surface area contributed by atoms with Gasteiger partial charge in [0.05, 0.1) is 11.4 Å². The Balaban J connectivity index is 2.00. The largest absolute Gasteiger partial charge is 0.342 e. The zero-order valence-corrected chi connectivity index (χ0v) is 12.4. The fourth-order valence-electron chi connectivity index (χ4n) is 2.42. The first kappa shape index (κ1) is 13.9. The van der Waals surface area contributed by atoms with Crippen LogP contribution in [0.3, 0.4) is 0 Å². The average Bonchev–Trinajstić information content (AvgIpc) is 2.76. The number of hydrogen-bond acceptors (Lipinski definition) is 3. The molecule has 1 aliphatic heterocycles. The molecule has 0 aromatic carbocycles. The first-order valence-electron chi connectivity index (χ1n) is 6.63. The van der Waals surface area contributed by atoms with Gasteiger partial charge in [0.1, 0.15) is 0 Å². The summed E-state index contributed by atoms with van der Waals surface area (Å²) in [6.07, 6.45) is 4.13. The number of hydrazone groups is 1. The molecule has 0 bridgehead atoms. The summed E-state index contributed by atoms with van der Waals surface area (Å²) in [6, 6.07) is 6.75. The fourth-order valence-corrected chi connectivity index (χ4v) is 2.82. The maximum atomic E-state index is 5.42. The van der Waals surface area contributed by atoms with Crippen LogP contribution >= 0.6 is 12.2 Å². The van der Waals surface area contributed by atoms with Crippen molar-refractivity contribution in [2.45, 2.75) is 45.7 Å². The number of rotatable bonds is 2. The lowest BCUT2D eigenvalue weighted by molar-refractivity contribution is 0.340. The summed E-state index contributed by atoms with van der Waals surface area (Å²) < 4.78 is 0. The summed E-state index contributed by atoms with van der Waals surface area (Å²) in [5, 5.41) is 5.03. The zero-order valence-electron chi connectivity index (χ0n) is 11.6. The zero-order chi connectivity index (χ0) is 13.8. The van der Waals surface area contributed by atoms with Crippen LogP contribution in [0.15, 0.2) is 29.5 Å². The van der Waals surface area contributed by atoms with Gasteiger partial charge in [-0.15, -0.1) is 0 Å². The van der Waals surface area contributed by atoms with E-state index in [1.165, 1.54) is 12.8 Å². The van der Waals surface area contributed by atoms with Gasteiger partial charge in [-0.05, 0) is 58.0 Å². The van der Waals surface area contributed by atoms with Gasteiger partial charge < -0.3 is 4.90 Å². The van der Waals surface area contributed by atoms with Crippen molar-refractivity contribution < 1.29 is 0 Å². The number of nitrogens with one attached hydrogen (secondary N) is 1. The Kier molecular flexibility index (Phi) is 4.47. The molecule has 19 heavy (non-hydrogen) atoms. The van der Waals surface area contributed by atoms with Gasteiger partial charge in [0.2, 0.25) is 0 Å². The van der Waals surface area contributed by atoms with E-state index in [2.05, 4.69) is 34.3 Å². The highest BCUT2D eigenvalue weighted by Crippen LogP contribution is 2.23. The minimum absolute atomic E-state index is 0.486. The molecule has 2 unspecified atom stereocenters. The maximum absolute atomic E-state index is 5.42. The van der Waals surface area contributed by atoms with Crippen LogP contribution < -0.4 is 5.43 Å². The fraction of sp³-hybridized carbons (Fsp3) is 0.500. The second-order valence-corrected chi connectivity index (χ2v) is 5.40. The first-order valence-corrected chi connectivity index (χ1v) is 7.04. The minimum atomic E-state index is 0.486. The Morgan fingerprint density at radius 1 is 1.37 bits per heavy atom. The van der Waals surface area contributed by atoms with Gasteiger partial charge in [-0.2, -0.15) is 5.10 Å². The van der Waals surface area contributed by atoms with Crippen LogP contribution in [0.25, 0.3) is 0 Å². The number of likely N-dealkylation sites (tertiary alicyclic amines) is 1. The number of hydrogen-bond donors (Lipinski definition) is 1. The molecule has 102 valence electrons. The van der Waals surface area contributed by atoms with E-state index in [-0.39, 0.29) is 0 Å². The summed E-state index contributed by atoms with van der Waals surface area (Å²) in [7, 11) is 0. The molecule has 0 spiro atoms. The van der Waals surface area contributed by atoms with Crippen molar-refractivity contribution in [3.63, 3.8) is 0 Å². The van der Waals surface area contributed by atoms with E-state index >= 15 is 0 Å². The van der Waals surface area contributed by atoms with Gasteiger partial charge in [-0.25, -0.2) is 0 Å². The Labute approximate surface area is 119 Å². The SMILES string of the molecule is C/C(=N\NC(=S)N1C(C)CCC1C)c1ccccn1.